The van der Waals surface area contributed by atoms with Crippen molar-refractivity contribution in [1.29, 1.82) is 0 Å². The van der Waals surface area contributed by atoms with Crippen molar-refractivity contribution in [2.45, 2.75) is 70.1 Å². The molecule has 8 atom stereocenters. The summed E-state index contributed by atoms with van der Waals surface area (Å²) in [5.41, 5.74) is -2.27. The number of aliphatic hydroxyl groups is 2. The number of hydrogen-bond acceptors (Lipinski definition) is 6. The Morgan fingerprint density at radius 3 is 2.58 bits per heavy atom. The minimum Gasteiger partial charge on any atom is -0.453 e. The maximum absolute atomic E-state index is 12.4. The molecule has 4 rings (SSSR count). The van der Waals surface area contributed by atoms with Gasteiger partial charge in [-0.1, -0.05) is 25.5 Å². The molecule has 2 aliphatic heterocycles. The Labute approximate surface area is 152 Å². The lowest BCUT2D eigenvalue weighted by Crippen LogP contribution is -2.57. The van der Waals surface area contributed by atoms with E-state index < -0.39 is 52.7 Å². The molecule has 6 heteroatoms. The van der Waals surface area contributed by atoms with E-state index in [1.807, 2.05) is 19.9 Å². The highest BCUT2D eigenvalue weighted by Crippen LogP contribution is 2.63. The standard InChI is InChI=1S/C20H26O6/c1-10-5-6-13(22)18(3)8-7-12(21)11(2)15(18)16(23)20-14(9-10)25-17(24)19(20,4)26-20/h7-9,11,13-16,22-23H,5-6H2,1-4H3. The lowest BCUT2D eigenvalue weighted by molar-refractivity contribution is -0.157. The molecule has 0 aromatic carbocycles. The molecule has 1 spiro atoms. The van der Waals surface area contributed by atoms with Gasteiger partial charge in [-0.15, -0.1) is 0 Å². The van der Waals surface area contributed by atoms with Gasteiger partial charge in [0.2, 0.25) is 0 Å². The highest BCUT2D eigenvalue weighted by Gasteiger charge is 2.85. The average Bonchev–Trinajstić information content (AvgIpc) is 3.17. The van der Waals surface area contributed by atoms with Crippen LogP contribution in [-0.4, -0.2) is 51.5 Å². The van der Waals surface area contributed by atoms with Crippen molar-refractivity contribution in [3.63, 3.8) is 0 Å². The van der Waals surface area contributed by atoms with E-state index in [4.69, 9.17) is 9.47 Å². The second kappa shape index (κ2) is 5.27. The topological polar surface area (TPSA) is 96.4 Å². The number of ketones is 1. The molecule has 6 nitrogen and oxygen atoms in total. The summed E-state index contributed by atoms with van der Waals surface area (Å²) in [6, 6.07) is 0. The summed E-state index contributed by atoms with van der Waals surface area (Å²) in [4.78, 5) is 24.8. The summed E-state index contributed by atoms with van der Waals surface area (Å²) in [6.07, 6.45) is 3.63. The zero-order valence-corrected chi connectivity index (χ0v) is 15.6. The molecule has 142 valence electrons. The van der Waals surface area contributed by atoms with E-state index in [1.165, 1.54) is 6.08 Å². The number of aliphatic hydroxyl groups excluding tert-OH is 2. The van der Waals surface area contributed by atoms with Crippen LogP contribution < -0.4 is 0 Å². The van der Waals surface area contributed by atoms with Crippen LogP contribution in [0.3, 0.4) is 0 Å². The molecule has 0 radical (unpaired) electrons. The van der Waals surface area contributed by atoms with E-state index >= 15 is 0 Å². The number of ether oxygens (including phenoxy) is 2. The van der Waals surface area contributed by atoms with E-state index in [2.05, 4.69) is 0 Å². The van der Waals surface area contributed by atoms with Crippen LogP contribution >= 0.6 is 0 Å². The summed E-state index contributed by atoms with van der Waals surface area (Å²) in [7, 11) is 0. The number of rotatable bonds is 0. The number of carbonyl (C=O) groups excluding carboxylic acids is 2. The second-order valence-corrected chi connectivity index (χ2v) is 8.68. The van der Waals surface area contributed by atoms with Crippen LogP contribution in [0.2, 0.25) is 0 Å². The number of fused-ring (bicyclic) bond motifs is 1. The van der Waals surface area contributed by atoms with E-state index in [1.54, 1.807) is 19.9 Å². The summed E-state index contributed by atoms with van der Waals surface area (Å²) >= 11 is 0. The molecule has 2 heterocycles. The number of allylic oxidation sites excluding steroid dienone is 2. The summed E-state index contributed by atoms with van der Waals surface area (Å²) < 4.78 is 11.4. The lowest BCUT2D eigenvalue weighted by Gasteiger charge is -2.48. The quantitative estimate of drug-likeness (QED) is 0.383. The van der Waals surface area contributed by atoms with Crippen LogP contribution in [0.25, 0.3) is 0 Å². The minimum atomic E-state index is -1.22. The van der Waals surface area contributed by atoms with Crippen LogP contribution in [0.5, 0.6) is 0 Å². The Bertz CT molecular complexity index is 741. The molecule has 2 aliphatic carbocycles. The summed E-state index contributed by atoms with van der Waals surface area (Å²) in [5.74, 6) is -1.67. The molecule has 26 heavy (non-hydrogen) atoms. The first-order valence-electron chi connectivity index (χ1n) is 9.25. The van der Waals surface area contributed by atoms with E-state index in [0.29, 0.717) is 12.8 Å². The second-order valence-electron chi connectivity index (χ2n) is 8.68. The predicted molar refractivity (Wildman–Crippen MR) is 92.0 cm³/mol. The molecule has 0 aromatic rings. The van der Waals surface area contributed by atoms with E-state index in [-0.39, 0.29) is 5.78 Å². The molecule has 2 saturated heterocycles. The van der Waals surface area contributed by atoms with Gasteiger partial charge in [0.15, 0.2) is 23.1 Å². The van der Waals surface area contributed by atoms with Crippen molar-refractivity contribution >= 4 is 11.8 Å². The predicted octanol–water partition coefficient (Wildman–Crippen LogP) is 1.30. The maximum Gasteiger partial charge on any atom is 0.342 e. The van der Waals surface area contributed by atoms with Gasteiger partial charge in [0.25, 0.3) is 0 Å². The van der Waals surface area contributed by atoms with Crippen molar-refractivity contribution in [1.82, 2.24) is 0 Å². The van der Waals surface area contributed by atoms with Crippen molar-refractivity contribution in [3.05, 3.63) is 23.8 Å². The molecular formula is C20H26O6. The van der Waals surface area contributed by atoms with Gasteiger partial charge in [-0.3, -0.25) is 4.79 Å². The third kappa shape index (κ3) is 1.98. The first-order chi connectivity index (χ1) is 12.1. The Morgan fingerprint density at radius 1 is 1.23 bits per heavy atom. The number of esters is 1. The van der Waals surface area contributed by atoms with Gasteiger partial charge in [-0.05, 0) is 38.8 Å². The van der Waals surface area contributed by atoms with Crippen molar-refractivity contribution < 1.29 is 29.3 Å². The normalized spacial score (nSPS) is 53.2. The molecule has 0 saturated carbocycles. The maximum atomic E-state index is 12.4. The molecule has 2 N–H and O–H groups in total. The Balaban J connectivity index is 1.88. The van der Waals surface area contributed by atoms with Gasteiger partial charge in [0, 0.05) is 17.3 Å². The number of epoxide rings is 1. The first kappa shape index (κ1) is 17.9. The molecule has 0 aromatic heterocycles. The van der Waals surface area contributed by atoms with Gasteiger partial charge in [0.05, 0.1) is 12.2 Å². The monoisotopic (exact) mass is 362 g/mol. The Hall–Kier alpha value is -1.50. The average molecular weight is 362 g/mol. The third-order valence-electron chi connectivity index (χ3n) is 7.18. The number of hydrogen-bond donors (Lipinski definition) is 2. The Kier molecular flexibility index (Phi) is 3.63. The molecule has 0 bridgehead atoms. The minimum absolute atomic E-state index is 0.0944. The molecule has 2 fully saturated rings. The van der Waals surface area contributed by atoms with Crippen molar-refractivity contribution in [3.8, 4) is 0 Å². The fraction of sp³-hybridized carbons (Fsp3) is 0.700. The van der Waals surface area contributed by atoms with Gasteiger partial charge >= 0.3 is 5.97 Å². The largest absolute Gasteiger partial charge is 0.453 e. The van der Waals surface area contributed by atoms with Crippen LogP contribution in [0.15, 0.2) is 23.8 Å². The zero-order valence-electron chi connectivity index (χ0n) is 15.6. The van der Waals surface area contributed by atoms with Gasteiger partial charge < -0.3 is 19.7 Å². The molecule has 4 aliphatic rings. The van der Waals surface area contributed by atoms with Crippen LogP contribution in [-0.2, 0) is 19.1 Å². The van der Waals surface area contributed by atoms with Crippen LogP contribution in [0, 0.1) is 17.3 Å². The smallest absolute Gasteiger partial charge is 0.342 e. The zero-order chi connectivity index (χ0) is 19.1. The Morgan fingerprint density at radius 2 is 1.92 bits per heavy atom. The molecule has 0 amide bonds. The molecular weight excluding hydrogens is 336 g/mol. The molecule has 8 unspecified atom stereocenters. The summed E-state index contributed by atoms with van der Waals surface area (Å²) in [5, 5.41) is 22.4. The first-order valence-corrected chi connectivity index (χ1v) is 9.25. The fourth-order valence-electron chi connectivity index (χ4n) is 5.30. The van der Waals surface area contributed by atoms with Crippen molar-refractivity contribution in [2.24, 2.45) is 17.3 Å². The number of carbonyl (C=O) groups is 2. The fourth-order valence-corrected chi connectivity index (χ4v) is 5.30. The van der Waals surface area contributed by atoms with Gasteiger partial charge in [-0.25, -0.2) is 4.79 Å². The van der Waals surface area contributed by atoms with E-state index in [9.17, 15) is 19.8 Å². The van der Waals surface area contributed by atoms with Gasteiger partial charge in [-0.2, -0.15) is 0 Å². The van der Waals surface area contributed by atoms with Crippen LogP contribution in [0.1, 0.15) is 40.5 Å². The summed E-state index contributed by atoms with van der Waals surface area (Å²) in [6.45, 7) is 7.19. The van der Waals surface area contributed by atoms with E-state index in [0.717, 1.165) is 5.57 Å². The SMILES string of the molecule is CC1=CC2OC(=O)C3(C)OC23C(O)C2C(C)C(=O)C=CC2(C)C(O)CC1. The third-order valence-corrected chi connectivity index (χ3v) is 7.18. The van der Waals surface area contributed by atoms with Gasteiger partial charge in [0.1, 0.15) is 0 Å². The highest BCUT2D eigenvalue weighted by atomic mass is 16.7. The van der Waals surface area contributed by atoms with Crippen molar-refractivity contribution in [2.75, 3.05) is 0 Å². The highest BCUT2D eigenvalue weighted by molar-refractivity contribution is 5.93. The van der Waals surface area contributed by atoms with Crippen LogP contribution in [0.4, 0.5) is 0 Å². The lowest BCUT2D eigenvalue weighted by atomic mass is 9.57.